The van der Waals surface area contributed by atoms with Gasteiger partial charge in [0, 0.05) is 37.5 Å². The first-order chi connectivity index (χ1) is 9.58. The number of carbonyl (C=O) groups excluding carboxylic acids is 1. The molecule has 4 nitrogen and oxygen atoms in total. The molecule has 1 saturated carbocycles. The van der Waals surface area contributed by atoms with Gasteiger partial charge in [-0.2, -0.15) is 0 Å². The number of likely N-dealkylation sites (N-methyl/N-ethyl adjacent to an activating group) is 1. The van der Waals surface area contributed by atoms with Crippen LogP contribution >= 0.6 is 0 Å². The Labute approximate surface area is 120 Å². The van der Waals surface area contributed by atoms with E-state index in [9.17, 15) is 9.18 Å². The fourth-order valence-corrected chi connectivity index (χ4v) is 3.72. The van der Waals surface area contributed by atoms with Crippen LogP contribution < -0.4 is 0 Å². The average molecular weight is 284 g/mol. The van der Waals surface area contributed by atoms with E-state index in [1.54, 1.807) is 0 Å². The summed E-state index contributed by atoms with van der Waals surface area (Å²) in [6, 6.07) is 0. The van der Waals surface area contributed by atoms with Gasteiger partial charge in [-0.3, -0.25) is 4.79 Å². The number of carbonyl (C=O) groups is 1. The molecular weight excluding hydrogens is 259 g/mol. The Balaban J connectivity index is 1.54. The van der Waals surface area contributed by atoms with E-state index in [-0.39, 0.29) is 17.2 Å². The molecule has 2 heterocycles. The molecule has 0 N–H and O–H groups in total. The smallest absolute Gasteiger partial charge is 0.225 e. The standard InChI is InChI=1S/C15H25FN2O2/c1-17-6-7-20-11-15(10-17)2-4-18(5-3-15)14(19)12-8-13(16)9-12/h12-13H,2-11H2,1H3. The highest BCUT2D eigenvalue weighted by molar-refractivity contribution is 5.80. The van der Waals surface area contributed by atoms with Crippen molar-refractivity contribution in [3.8, 4) is 0 Å². The average Bonchev–Trinajstić information content (AvgIpc) is 2.57. The maximum Gasteiger partial charge on any atom is 0.225 e. The number of rotatable bonds is 1. The molecule has 0 atom stereocenters. The minimum atomic E-state index is -0.746. The molecule has 5 heteroatoms. The van der Waals surface area contributed by atoms with Crippen LogP contribution in [0, 0.1) is 11.3 Å². The van der Waals surface area contributed by atoms with Crippen molar-refractivity contribution in [2.45, 2.75) is 31.9 Å². The lowest BCUT2D eigenvalue weighted by atomic mass is 9.77. The van der Waals surface area contributed by atoms with Crippen molar-refractivity contribution in [2.24, 2.45) is 11.3 Å². The fourth-order valence-electron chi connectivity index (χ4n) is 3.72. The number of likely N-dealkylation sites (tertiary alicyclic amines) is 1. The molecule has 0 aromatic heterocycles. The molecule has 3 aliphatic rings. The highest BCUT2D eigenvalue weighted by Crippen LogP contribution is 2.37. The zero-order chi connectivity index (χ0) is 14.2. The molecule has 2 aliphatic heterocycles. The largest absolute Gasteiger partial charge is 0.379 e. The predicted molar refractivity (Wildman–Crippen MR) is 74.2 cm³/mol. The molecule has 1 aliphatic carbocycles. The minimum absolute atomic E-state index is 0.0490. The van der Waals surface area contributed by atoms with Crippen LogP contribution in [-0.2, 0) is 9.53 Å². The Morgan fingerprint density at radius 1 is 1.25 bits per heavy atom. The number of halogens is 1. The van der Waals surface area contributed by atoms with Gasteiger partial charge < -0.3 is 14.5 Å². The summed E-state index contributed by atoms with van der Waals surface area (Å²) in [5.74, 6) is 0.128. The SMILES string of the molecule is CN1CCOCC2(CCN(C(=O)C3CC(F)C3)CC2)C1. The van der Waals surface area contributed by atoms with Gasteiger partial charge in [-0.25, -0.2) is 4.39 Å². The van der Waals surface area contributed by atoms with Crippen LogP contribution in [0.1, 0.15) is 25.7 Å². The second-order valence-corrected chi connectivity index (χ2v) is 6.88. The highest BCUT2D eigenvalue weighted by atomic mass is 19.1. The number of alkyl halides is 1. The van der Waals surface area contributed by atoms with Gasteiger partial charge in [-0.1, -0.05) is 0 Å². The quantitative estimate of drug-likeness (QED) is 0.728. The van der Waals surface area contributed by atoms with E-state index in [0.29, 0.717) is 12.8 Å². The number of piperidine rings is 1. The Bertz CT molecular complexity index is 363. The summed E-state index contributed by atoms with van der Waals surface area (Å²) >= 11 is 0. The Morgan fingerprint density at radius 3 is 2.60 bits per heavy atom. The molecule has 3 rings (SSSR count). The number of hydrogen-bond donors (Lipinski definition) is 0. The summed E-state index contributed by atoms with van der Waals surface area (Å²) in [5, 5.41) is 0. The summed E-state index contributed by atoms with van der Waals surface area (Å²) < 4.78 is 18.6. The Kier molecular flexibility index (Phi) is 4.00. The van der Waals surface area contributed by atoms with Crippen LogP contribution in [-0.4, -0.2) is 68.3 Å². The molecule has 0 bridgehead atoms. The Hall–Kier alpha value is -0.680. The van der Waals surface area contributed by atoms with E-state index in [2.05, 4.69) is 11.9 Å². The van der Waals surface area contributed by atoms with E-state index in [0.717, 1.165) is 52.2 Å². The van der Waals surface area contributed by atoms with E-state index in [1.165, 1.54) is 0 Å². The highest BCUT2D eigenvalue weighted by Gasteiger charge is 2.42. The maximum absolute atomic E-state index is 12.9. The summed E-state index contributed by atoms with van der Waals surface area (Å²) in [6.45, 7) is 5.29. The normalized spacial score (nSPS) is 34.6. The van der Waals surface area contributed by atoms with Crippen molar-refractivity contribution in [3.63, 3.8) is 0 Å². The van der Waals surface area contributed by atoms with Crippen LogP contribution in [0.15, 0.2) is 0 Å². The lowest BCUT2D eigenvalue weighted by molar-refractivity contribution is -0.143. The first-order valence-electron chi connectivity index (χ1n) is 7.77. The summed E-state index contributed by atoms with van der Waals surface area (Å²) in [5.41, 5.74) is 0.213. The molecule has 20 heavy (non-hydrogen) atoms. The first kappa shape index (κ1) is 14.3. The molecule has 3 fully saturated rings. The predicted octanol–water partition coefficient (Wildman–Crippen LogP) is 1.31. The van der Waals surface area contributed by atoms with Crippen LogP contribution in [0.5, 0.6) is 0 Å². The van der Waals surface area contributed by atoms with Crippen molar-refractivity contribution in [1.82, 2.24) is 9.80 Å². The van der Waals surface area contributed by atoms with Gasteiger partial charge >= 0.3 is 0 Å². The minimum Gasteiger partial charge on any atom is -0.379 e. The van der Waals surface area contributed by atoms with E-state index < -0.39 is 6.17 Å². The lowest BCUT2D eigenvalue weighted by Gasteiger charge is -2.44. The van der Waals surface area contributed by atoms with Crippen LogP contribution in [0.4, 0.5) is 4.39 Å². The fraction of sp³-hybridized carbons (Fsp3) is 0.933. The first-order valence-corrected chi connectivity index (χ1v) is 7.77. The van der Waals surface area contributed by atoms with Crippen LogP contribution in [0.3, 0.4) is 0 Å². The van der Waals surface area contributed by atoms with Crippen molar-refractivity contribution in [3.05, 3.63) is 0 Å². The number of ether oxygens (including phenoxy) is 1. The van der Waals surface area contributed by atoms with Gasteiger partial charge in [0.05, 0.1) is 13.2 Å². The third kappa shape index (κ3) is 2.84. The maximum atomic E-state index is 12.9. The monoisotopic (exact) mass is 284 g/mol. The molecule has 0 radical (unpaired) electrons. The molecule has 114 valence electrons. The topological polar surface area (TPSA) is 32.8 Å². The van der Waals surface area contributed by atoms with Crippen molar-refractivity contribution in [1.29, 1.82) is 0 Å². The summed E-state index contributed by atoms with van der Waals surface area (Å²) in [6.07, 6.45) is 2.14. The number of amides is 1. The summed E-state index contributed by atoms with van der Waals surface area (Å²) in [4.78, 5) is 16.5. The van der Waals surface area contributed by atoms with Crippen molar-refractivity contribution < 1.29 is 13.9 Å². The van der Waals surface area contributed by atoms with E-state index in [1.807, 2.05) is 4.90 Å². The van der Waals surface area contributed by atoms with Crippen molar-refractivity contribution in [2.75, 3.05) is 46.4 Å². The van der Waals surface area contributed by atoms with Crippen molar-refractivity contribution >= 4 is 5.91 Å². The third-order valence-corrected chi connectivity index (χ3v) is 5.20. The van der Waals surface area contributed by atoms with Crippen LogP contribution in [0.2, 0.25) is 0 Å². The Morgan fingerprint density at radius 2 is 1.95 bits per heavy atom. The van der Waals surface area contributed by atoms with Gasteiger partial charge in [0.2, 0.25) is 5.91 Å². The molecule has 0 aromatic carbocycles. The molecule has 1 spiro atoms. The molecule has 0 unspecified atom stereocenters. The zero-order valence-corrected chi connectivity index (χ0v) is 12.3. The van der Waals surface area contributed by atoms with Gasteiger partial charge in [0.25, 0.3) is 0 Å². The molecule has 1 amide bonds. The van der Waals surface area contributed by atoms with Gasteiger partial charge in [-0.05, 0) is 32.7 Å². The molecule has 2 saturated heterocycles. The lowest BCUT2D eigenvalue weighted by Crippen LogP contribution is -2.51. The summed E-state index contributed by atoms with van der Waals surface area (Å²) in [7, 11) is 2.14. The second-order valence-electron chi connectivity index (χ2n) is 6.88. The third-order valence-electron chi connectivity index (χ3n) is 5.20. The molecular formula is C15H25FN2O2. The number of hydrogen-bond acceptors (Lipinski definition) is 3. The van der Waals surface area contributed by atoms with Gasteiger partial charge in [-0.15, -0.1) is 0 Å². The van der Waals surface area contributed by atoms with Gasteiger partial charge in [0.1, 0.15) is 6.17 Å². The van der Waals surface area contributed by atoms with E-state index in [4.69, 9.17) is 4.74 Å². The van der Waals surface area contributed by atoms with Crippen LogP contribution in [0.25, 0.3) is 0 Å². The van der Waals surface area contributed by atoms with Gasteiger partial charge in [0.15, 0.2) is 0 Å². The van der Waals surface area contributed by atoms with E-state index >= 15 is 0 Å². The zero-order valence-electron chi connectivity index (χ0n) is 12.3. The number of nitrogens with zero attached hydrogens (tertiary/aromatic N) is 2. The molecule has 0 aromatic rings. The second kappa shape index (κ2) is 5.60.